The number of pyridine rings is 1. The van der Waals surface area contributed by atoms with Gasteiger partial charge in [0.25, 0.3) is 0 Å². The Balaban J connectivity index is 2.82. The van der Waals surface area contributed by atoms with Crippen molar-refractivity contribution < 1.29 is 0 Å². The quantitative estimate of drug-likeness (QED) is 0.715. The van der Waals surface area contributed by atoms with Crippen molar-refractivity contribution in [1.29, 1.82) is 5.26 Å². The third-order valence-electron chi connectivity index (χ3n) is 1.93. The molecule has 68 valence electrons. The Morgan fingerprint density at radius 3 is 2.86 bits per heavy atom. The Bertz CT molecular complexity index is 543. The molecule has 1 heterocycles. The summed E-state index contributed by atoms with van der Waals surface area (Å²) in [5.41, 5.74) is 6.68. The highest BCUT2D eigenvalue weighted by Crippen LogP contribution is 2.21. The van der Waals surface area contributed by atoms with Crippen LogP contribution in [0.3, 0.4) is 0 Å². The Kier molecular flexibility index (Phi) is 1.99. The zero-order valence-electron chi connectivity index (χ0n) is 7.16. The summed E-state index contributed by atoms with van der Waals surface area (Å²) >= 11 is 5.81. The summed E-state index contributed by atoms with van der Waals surface area (Å²) in [6, 6.07) is 8.93. The molecule has 0 bridgehead atoms. The van der Waals surface area contributed by atoms with Crippen LogP contribution in [0.4, 0.5) is 5.82 Å². The number of anilines is 1. The molecule has 4 heteroatoms. The minimum Gasteiger partial charge on any atom is -0.383 e. The van der Waals surface area contributed by atoms with Crippen molar-refractivity contribution in [2.45, 2.75) is 0 Å². The van der Waals surface area contributed by atoms with Gasteiger partial charge >= 0.3 is 0 Å². The van der Waals surface area contributed by atoms with Crippen LogP contribution in [0.5, 0.6) is 0 Å². The van der Waals surface area contributed by atoms with Crippen LogP contribution in [-0.2, 0) is 0 Å². The average Bonchev–Trinajstić information content (AvgIpc) is 2.17. The summed E-state index contributed by atoms with van der Waals surface area (Å²) < 4.78 is 0. The van der Waals surface area contributed by atoms with E-state index in [0.717, 1.165) is 10.9 Å². The Hall–Kier alpha value is -1.79. The molecule has 2 N–H and O–H groups in total. The van der Waals surface area contributed by atoms with Crippen molar-refractivity contribution in [1.82, 2.24) is 4.98 Å². The molecule has 0 unspecified atom stereocenters. The topological polar surface area (TPSA) is 62.7 Å². The zero-order valence-corrected chi connectivity index (χ0v) is 7.92. The molecule has 0 atom stereocenters. The molecular weight excluding hydrogens is 198 g/mol. The monoisotopic (exact) mass is 203 g/mol. The molecule has 14 heavy (non-hydrogen) atoms. The standard InChI is InChI=1S/C10H6ClN3/c11-8-1-2-9-6(4-8)3-7(5-12)10(13)14-9/h1-4H,(H2,13,14). The van der Waals surface area contributed by atoms with Crippen LogP contribution in [-0.4, -0.2) is 4.98 Å². The predicted octanol–water partition coefficient (Wildman–Crippen LogP) is 2.34. The van der Waals surface area contributed by atoms with Crippen LogP contribution in [0.1, 0.15) is 5.56 Å². The first-order valence-corrected chi connectivity index (χ1v) is 4.34. The molecule has 0 amide bonds. The molecule has 0 aliphatic carbocycles. The Morgan fingerprint density at radius 2 is 2.14 bits per heavy atom. The van der Waals surface area contributed by atoms with Crippen molar-refractivity contribution in [3.05, 3.63) is 34.9 Å². The molecule has 1 aromatic carbocycles. The van der Waals surface area contributed by atoms with E-state index < -0.39 is 0 Å². The largest absolute Gasteiger partial charge is 0.383 e. The summed E-state index contributed by atoms with van der Waals surface area (Å²) in [5.74, 6) is 0.252. The number of nitrogen functional groups attached to an aromatic ring is 1. The predicted molar refractivity (Wildman–Crippen MR) is 55.9 cm³/mol. The van der Waals surface area contributed by atoms with E-state index in [1.54, 1.807) is 24.3 Å². The zero-order chi connectivity index (χ0) is 10.1. The highest BCUT2D eigenvalue weighted by atomic mass is 35.5. The number of aromatic nitrogens is 1. The minimum atomic E-state index is 0.252. The molecule has 0 fully saturated rings. The molecular formula is C10H6ClN3. The van der Waals surface area contributed by atoms with Gasteiger partial charge in [-0.2, -0.15) is 5.26 Å². The Labute approximate surface area is 85.7 Å². The van der Waals surface area contributed by atoms with Crippen LogP contribution in [0.15, 0.2) is 24.3 Å². The molecule has 0 aliphatic heterocycles. The Morgan fingerprint density at radius 1 is 1.36 bits per heavy atom. The molecule has 0 aliphatic rings. The SMILES string of the molecule is N#Cc1cc2cc(Cl)ccc2nc1N. The van der Waals surface area contributed by atoms with E-state index in [-0.39, 0.29) is 5.82 Å². The van der Waals surface area contributed by atoms with Gasteiger partial charge in [-0.05, 0) is 24.3 Å². The number of nitriles is 1. The average molecular weight is 204 g/mol. The van der Waals surface area contributed by atoms with Crippen LogP contribution in [0.2, 0.25) is 5.02 Å². The summed E-state index contributed by atoms with van der Waals surface area (Å²) in [6.45, 7) is 0. The first-order valence-electron chi connectivity index (χ1n) is 3.96. The van der Waals surface area contributed by atoms with Crippen molar-refractivity contribution in [3.8, 4) is 6.07 Å². The number of benzene rings is 1. The molecule has 2 aromatic rings. The number of rotatable bonds is 0. The molecule has 0 saturated carbocycles. The van der Waals surface area contributed by atoms with Crippen LogP contribution >= 0.6 is 11.6 Å². The van der Waals surface area contributed by atoms with Crippen molar-refractivity contribution in [2.75, 3.05) is 5.73 Å². The maximum absolute atomic E-state index is 8.74. The van der Waals surface area contributed by atoms with Crippen molar-refractivity contribution >= 4 is 28.3 Å². The lowest BCUT2D eigenvalue weighted by atomic mass is 10.1. The summed E-state index contributed by atoms with van der Waals surface area (Å²) in [7, 11) is 0. The molecule has 1 aromatic heterocycles. The molecule has 2 rings (SSSR count). The number of halogens is 1. The lowest BCUT2D eigenvalue weighted by Gasteiger charge is -2.00. The molecule has 0 radical (unpaired) electrons. The normalized spacial score (nSPS) is 10.0. The fourth-order valence-corrected chi connectivity index (χ4v) is 1.43. The van der Waals surface area contributed by atoms with E-state index in [9.17, 15) is 0 Å². The van der Waals surface area contributed by atoms with Gasteiger partial charge in [0.1, 0.15) is 11.9 Å². The van der Waals surface area contributed by atoms with Gasteiger partial charge in [0.2, 0.25) is 0 Å². The van der Waals surface area contributed by atoms with E-state index in [1.165, 1.54) is 0 Å². The third kappa shape index (κ3) is 1.36. The van der Waals surface area contributed by atoms with Crippen molar-refractivity contribution in [3.63, 3.8) is 0 Å². The number of nitrogens with zero attached hydrogens (tertiary/aromatic N) is 2. The first-order chi connectivity index (χ1) is 6.70. The number of nitrogens with two attached hydrogens (primary N) is 1. The van der Waals surface area contributed by atoms with Gasteiger partial charge in [-0.1, -0.05) is 11.6 Å². The van der Waals surface area contributed by atoms with Gasteiger partial charge in [0.15, 0.2) is 0 Å². The second kappa shape index (κ2) is 3.17. The summed E-state index contributed by atoms with van der Waals surface area (Å²) in [5, 5.41) is 10.2. The van der Waals surface area contributed by atoms with Gasteiger partial charge in [0.05, 0.1) is 11.1 Å². The highest BCUT2D eigenvalue weighted by Gasteiger charge is 2.03. The fraction of sp³-hybridized carbons (Fsp3) is 0. The van der Waals surface area contributed by atoms with Gasteiger partial charge in [-0.15, -0.1) is 0 Å². The molecule has 0 saturated heterocycles. The number of fused-ring (bicyclic) bond motifs is 1. The van der Waals surface area contributed by atoms with Gasteiger partial charge in [-0.3, -0.25) is 0 Å². The first kappa shape index (κ1) is 8.79. The summed E-state index contributed by atoms with van der Waals surface area (Å²) in [4.78, 5) is 4.08. The van der Waals surface area contributed by atoms with E-state index >= 15 is 0 Å². The lowest BCUT2D eigenvalue weighted by molar-refractivity contribution is 1.38. The molecule has 3 nitrogen and oxygen atoms in total. The fourth-order valence-electron chi connectivity index (χ4n) is 1.25. The number of hydrogen-bond donors (Lipinski definition) is 1. The van der Waals surface area contributed by atoms with E-state index in [2.05, 4.69) is 4.98 Å². The van der Waals surface area contributed by atoms with Crippen LogP contribution < -0.4 is 5.73 Å². The van der Waals surface area contributed by atoms with Crippen molar-refractivity contribution in [2.24, 2.45) is 0 Å². The second-order valence-electron chi connectivity index (χ2n) is 2.87. The van der Waals surface area contributed by atoms with Gasteiger partial charge in [0, 0.05) is 10.4 Å². The van der Waals surface area contributed by atoms with Gasteiger partial charge in [-0.25, -0.2) is 4.98 Å². The summed E-state index contributed by atoms with van der Waals surface area (Å²) in [6.07, 6.45) is 0. The van der Waals surface area contributed by atoms with Crippen LogP contribution in [0.25, 0.3) is 10.9 Å². The second-order valence-corrected chi connectivity index (χ2v) is 3.31. The van der Waals surface area contributed by atoms with E-state index in [4.69, 9.17) is 22.6 Å². The minimum absolute atomic E-state index is 0.252. The maximum Gasteiger partial charge on any atom is 0.142 e. The van der Waals surface area contributed by atoms with E-state index in [0.29, 0.717) is 10.6 Å². The lowest BCUT2D eigenvalue weighted by Crippen LogP contribution is -1.94. The van der Waals surface area contributed by atoms with Crippen LogP contribution in [0, 0.1) is 11.3 Å². The van der Waals surface area contributed by atoms with Gasteiger partial charge < -0.3 is 5.73 Å². The number of hydrogen-bond acceptors (Lipinski definition) is 3. The highest BCUT2D eigenvalue weighted by molar-refractivity contribution is 6.31. The molecule has 0 spiro atoms. The maximum atomic E-state index is 8.74. The van der Waals surface area contributed by atoms with E-state index in [1.807, 2.05) is 6.07 Å². The third-order valence-corrected chi connectivity index (χ3v) is 2.16. The smallest absolute Gasteiger partial charge is 0.142 e.